The Bertz CT molecular complexity index is 425. The van der Waals surface area contributed by atoms with E-state index in [1.807, 2.05) is 36.6 Å². The standard InChI is InChI=1S/C12H13NOS/c1-9-7-10(4-5-13-9)12(14)8-11-3-2-6-15-11/h2-7,12,14H,8H2,1H3. The van der Waals surface area contributed by atoms with Gasteiger partial charge in [-0.15, -0.1) is 11.3 Å². The van der Waals surface area contributed by atoms with Gasteiger partial charge in [-0.1, -0.05) is 6.07 Å². The number of hydrogen-bond acceptors (Lipinski definition) is 3. The Morgan fingerprint density at radius 2 is 2.33 bits per heavy atom. The Balaban J connectivity index is 2.11. The summed E-state index contributed by atoms with van der Waals surface area (Å²) >= 11 is 1.67. The van der Waals surface area contributed by atoms with Crippen LogP contribution in [0.1, 0.15) is 22.2 Å². The maximum Gasteiger partial charge on any atom is 0.0839 e. The molecule has 1 atom stereocenters. The highest BCUT2D eigenvalue weighted by Gasteiger charge is 2.09. The Hall–Kier alpha value is -1.19. The molecule has 0 bridgehead atoms. The van der Waals surface area contributed by atoms with Crippen molar-refractivity contribution >= 4 is 11.3 Å². The summed E-state index contributed by atoms with van der Waals surface area (Å²) in [6.07, 6.45) is 1.99. The van der Waals surface area contributed by atoms with Crippen LogP contribution in [0.5, 0.6) is 0 Å². The van der Waals surface area contributed by atoms with Gasteiger partial charge in [0.25, 0.3) is 0 Å². The number of nitrogens with zero attached hydrogens (tertiary/aromatic N) is 1. The highest BCUT2D eigenvalue weighted by molar-refractivity contribution is 7.09. The first-order chi connectivity index (χ1) is 7.25. The highest BCUT2D eigenvalue weighted by Crippen LogP contribution is 2.20. The first-order valence-electron chi connectivity index (χ1n) is 4.89. The minimum Gasteiger partial charge on any atom is -0.388 e. The molecular formula is C12H13NOS. The SMILES string of the molecule is Cc1cc(C(O)Cc2cccs2)ccn1. The second-order valence-corrected chi connectivity index (χ2v) is 4.56. The van der Waals surface area contributed by atoms with Crippen LogP contribution < -0.4 is 0 Å². The van der Waals surface area contributed by atoms with Gasteiger partial charge in [-0.05, 0) is 36.1 Å². The predicted octanol–water partition coefficient (Wildman–Crippen LogP) is 2.73. The average molecular weight is 219 g/mol. The molecule has 0 fully saturated rings. The van der Waals surface area contributed by atoms with Crippen LogP contribution in [0.15, 0.2) is 35.8 Å². The molecule has 0 aromatic carbocycles. The predicted molar refractivity (Wildman–Crippen MR) is 62.0 cm³/mol. The minimum atomic E-state index is -0.426. The molecule has 2 aromatic rings. The zero-order chi connectivity index (χ0) is 10.7. The van der Waals surface area contributed by atoms with E-state index in [0.29, 0.717) is 6.42 Å². The van der Waals surface area contributed by atoms with Crippen LogP contribution >= 0.6 is 11.3 Å². The number of hydrogen-bond donors (Lipinski definition) is 1. The molecule has 0 aliphatic rings. The Kier molecular flexibility index (Phi) is 3.14. The summed E-state index contributed by atoms with van der Waals surface area (Å²) < 4.78 is 0. The van der Waals surface area contributed by atoms with Crippen LogP contribution in [-0.4, -0.2) is 10.1 Å². The van der Waals surface area contributed by atoms with Crippen molar-refractivity contribution in [3.63, 3.8) is 0 Å². The lowest BCUT2D eigenvalue weighted by atomic mass is 10.1. The first-order valence-corrected chi connectivity index (χ1v) is 5.76. The van der Waals surface area contributed by atoms with Gasteiger partial charge in [-0.25, -0.2) is 0 Å². The summed E-state index contributed by atoms with van der Waals surface area (Å²) in [4.78, 5) is 5.32. The maximum absolute atomic E-state index is 10.00. The number of thiophene rings is 1. The lowest BCUT2D eigenvalue weighted by Crippen LogP contribution is -2.01. The molecule has 0 spiro atoms. The van der Waals surface area contributed by atoms with Gasteiger partial charge >= 0.3 is 0 Å². The smallest absolute Gasteiger partial charge is 0.0839 e. The number of rotatable bonds is 3. The molecule has 0 aliphatic heterocycles. The number of aryl methyl sites for hydroxylation is 1. The number of aliphatic hydroxyl groups is 1. The molecule has 1 unspecified atom stereocenters. The van der Waals surface area contributed by atoms with Gasteiger partial charge in [-0.3, -0.25) is 4.98 Å². The molecule has 2 aromatic heterocycles. The molecule has 3 heteroatoms. The topological polar surface area (TPSA) is 33.1 Å². The van der Waals surface area contributed by atoms with Gasteiger partial charge in [0.15, 0.2) is 0 Å². The summed E-state index contributed by atoms with van der Waals surface area (Å²) in [6.45, 7) is 1.93. The third kappa shape index (κ3) is 2.64. The molecule has 2 nitrogen and oxygen atoms in total. The van der Waals surface area contributed by atoms with Gasteiger partial charge in [0.1, 0.15) is 0 Å². The van der Waals surface area contributed by atoms with Crippen LogP contribution in [0.25, 0.3) is 0 Å². The van der Waals surface area contributed by atoms with Crippen molar-refractivity contribution < 1.29 is 5.11 Å². The number of pyridine rings is 1. The van der Waals surface area contributed by atoms with Gasteiger partial charge in [0, 0.05) is 23.2 Å². The second kappa shape index (κ2) is 4.55. The lowest BCUT2D eigenvalue weighted by Gasteiger charge is -2.09. The van der Waals surface area contributed by atoms with E-state index in [0.717, 1.165) is 11.3 Å². The van der Waals surface area contributed by atoms with E-state index in [1.165, 1.54) is 4.88 Å². The van der Waals surface area contributed by atoms with Gasteiger partial charge < -0.3 is 5.11 Å². The quantitative estimate of drug-likeness (QED) is 0.861. The van der Waals surface area contributed by atoms with Gasteiger partial charge in [0.2, 0.25) is 0 Å². The van der Waals surface area contributed by atoms with Crippen molar-refractivity contribution in [3.05, 3.63) is 52.0 Å². The number of aliphatic hydroxyl groups excluding tert-OH is 1. The zero-order valence-electron chi connectivity index (χ0n) is 8.55. The van der Waals surface area contributed by atoms with E-state index in [9.17, 15) is 5.11 Å². The van der Waals surface area contributed by atoms with Gasteiger partial charge in [0.05, 0.1) is 6.10 Å². The van der Waals surface area contributed by atoms with Crippen LogP contribution in [0.3, 0.4) is 0 Å². The summed E-state index contributed by atoms with van der Waals surface area (Å²) in [7, 11) is 0. The molecule has 0 aliphatic carbocycles. The lowest BCUT2D eigenvalue weighted by molar-refractivity contribution is 0.179. The van der Waals surface area contributed by atoms with E-state index >= 15 is 0 Å². The highest BCUT2D eigenvalue weighted by atomic mass is 32.1. The molecule has 2 rings (SSSR count). The second-order valence-electron chi connectivity index (χ2n) is 3.53. The Morgan fingerprint density at radius 1 is 1.47 bits per heavy atom. The minimum absolute atomic E-state index is 0.426. The molecule has 1 N–H and O–H groups in total. The summed E-state index contributed by atoms with van der Waals surface area (Å²) in [5.41, 5.74) is 1.88. The van der Waals surface area contributed by atoms with Crippen molar-refractivity contribution in [3.8, 4) is 0 Å². The van der Waals surface area contributed by atoms with Crippen LogP contribution in [0, 0.1) is 6.92 Å². The van der Waals surface area contributed by atoms with E-state index in [2.05, 4.69) is 4.98 Å². The third-order valence-electron chi connectivity index (χ3n) is 2.28. The Labute approximate surface area is 93.2 Å². The summed E-state index contributed by atoms with van der Waals surface area (Å²) in [5.74, 6) is 0. The molecule has 0 radical (unpaired) electrons. The van der Waals surface area contributed by atoms with Gasteiger partial charge in [-0.2, -0.15) is 0 Å². The fourth-order valence-corrected chi connectivity index (χ4v) is 2.26. The van der Waals surface area contributed by atoms with Crippen molar-refractivity contribution in [1.82, 2.24) is 4.98 Å². The van der Waals surface area contributed by atoms with Crippen molar-refractivity contribution in [1.29, 1.82) is 0 Å². The Morgan fingerprint density at radius 3 is 3.00 bits per heavy atom. The average Bonchev–Trinajstić information content (AvgIpc) is 2.70. The summed E-state index contributed by atoms with van der Waals surface area (Å²) in [6, 6.07) is 7.84. The molecular weight excluding hydrogens is 206 g/mol. The van der Waals surface area contributed by atoms with Crippen LogP contribution in [-0.2, 0) is 6.42 Å². The van der Waals surface area contributed by atoms with E-state index in [-0.39, 0.29) is 0 Å². The largest absolute Gasteiger partial charge is 0.388 e. The molecule has 0 saturated carbocycles. The first kappa shape index (κ1) is 10.3. The molecule has 78 valence electrons. The van der Waals surface area contributed by atoms with Crippen molar-refractivity contribution in [2.24, 2.45) is 0 Å². The number of aromatic nitrogens is 1. The van der Waals surface area contributed by atoms with Crippen molar-refractivity contribution in [2.45, 2.75) is 19.4 Å². The van der Waals surface area contributed by atoms with Crippen LogP contribution in [0.4, 0.5) is 0 Å². The zero-order valence-corrected chi connectivity index (χ0v) is 9.37. The molecule has 15 heavy (non-hydrogen) atoms. The summed E-state index contributed by atoms with van der Waals surface area (Å²) in [5, 5.41) is 12.0. The normalized spacial score (nSPS) is 12.7. The van der Waals surface area contributed by atoms with E-state index in [1.54, 1.807) is 17.5 Å². The molecule has 0 amide bonds. The fourth-order valence-electron chi connectivity index (χ4n) is 1.51. The van der Waals surface area contributed by atoms with Crippen LogP contribution in [0.2, 0.25) is 0 Å². The van der Waals surface area contributed by atoms with Crippen molar-refractivity contribution in [2.75, 3.05) is 0 Å². The maximum atomic E-state index is 10.00. The van der Waals surface area contributed by atoms with E-state index < -0.39 is 6.10 Å². The monoisotopic (exact) mass is 219 g/mol. The van der Waals surface area contributed by atoms with E-state index in [4.69, 9.17) is 0 Å². The fraction of sp³-hybridized carbons (Fsp3) is 0.250. The third-order valence-corrected chi connectivity index (χ3v) is 3.18. The molecule has 2 heterocycles. The molecule has 0 saturated heterocycles.